The van der Waals surface area contributed by atoms with E-state index in [9.17, 15) is 18.0 Å². The van der Waals surface area contributed by atoms with E-state index in [1.165, 1.54) is 18.3 Å². The highest BCUT2D eigenvalue weighted by Gasteiger charge is 2.35. The molecule has 0 saturated carbocycles. The van der Waals surface area contributed by atoms with E-state index in [1.807, 2.05) is 13.8 Å². The summed E-state index contributed by atoms with van der Waals surface area (Å²) in [6.45, 7) is 6.36. The molecule has 0 aliphatic carbocycles. The first kappa shape index (κ1) is 19.0. The number of benzene rings is 1. The van der Waals surface area contributed by atoms with Crippen molar-refractivity contribution in [2.24, 2.45) is 0 Å². The second-order valence-corrected chi connectivity index (χ2v) is 7.46. The molecule has 1 aromatic carbocycles. The smallest absolute Gasteiger partial charge is 0.373 e. The number of H-pyrrole nitrogens is 1. The molecule has 28 heavy (non-hydrogen) atoms. The van der Waals surface area contributed by atoms with Crippen molar-refractivity contribution in [3.63, 3.8) is 0 Å². The maximum atomic E-state index is 13.7. The summed E-state index contributed by atoms with van der Waals surface area (Å²) in [5.74, 6) is 0. The third kappa shape index (κ3) is 3.42. The Bertz CT molecular complexity index is 1060. The summed E-state index contributed by atoms with van der Waals surface area (Å²) in [6.07, 6.45) is -3.07. The van der Waals surface area contributed by atoms with E-state index in [0.717, 1.165) is 13.1 Å². The number of hydrogen-bond donors (Lipinski definition) is 1. The van der Waals surface area contributed by atoms with Gasteiger partial charge in [-0.25, -0.2) is 0 Å². The molecule has 150 valence electrons. The average molecular weight is 393 g/mol. The molecule has 8 heteroatoms. The zero-order chi connectivity index (χ0) is 20.1. The minimum Gasteiger partial charge on any atom is -0.373 e. The van der Waals surface area contributed by atoms with Gasteiger partial charge in [-0.05, 0) is 32.0 Å². The van der Waals surface area contributed by atoms with Crippen LogP contribution in [0.25, 0.3) is 21.8 Å². The molecule has 2 unspecified atom stereocenters. The van der Waals surface area contributed by atoms with Crippen LogP contribution in [-0.4, -0.2) is 46.3 Å². The van der Waals surface area contributed by atoms with E-state index >= 15 is 0 Å². The lowest BCUT2D eigenvalue weighted by molar-refractivity contribution is -0.140. The molecule has 3 aromatic rings. The summed E-state index contributed by atoms with van der Waals surface area (Å²) in [6, 6.07) is 6.05. The molecule has 0 spiro atoms. The summed E-state index contributed by atoms with van der Waals surface area (Å²) in [5, 5.41) is 1.14. The molecular weight excluding hydrogens is 371 g/mol. The van der Waals surface area contributed by atoms with Gasteiger partial charge >= 0.3 is 6.18 Å². The van der Waals surface area contributed by atoms with E-state index < -0.39 is 11.9 Å². The van der Waals surface area contributed by atoms with Crippen molar-refractivity contribution in [3.05, 3.63) is 46.4 Å². The first-order chi connectivity index (χ1) is 13.2. The quantitative estimate of drug-likeness (QED) is 0.740. The summed E-state index contributed by atoms with van der Waals surface area (Å²) in [4.78, 5) is 16.5. The van der Waals surface area contributed by atoms with Gasteiger partial charge in [0.1, 0.15) is 5.69 Å². The standard InChI is InChI=1S/C20H22F3N3O2/c1-12-10-25(11-13(2)28-12)7-8-26-17-9-14(27)3-4-15(17)16-5-6-24-19(18(16)26)20(21,22)23/h3-6,9,12-13,24H,7-8,10-11H2,1-2H3. The second-order valence-electron chi connectivity index (χ2n) is 7.46. The molecule has 1 aliphatic rings. The highest BCUT2D eigenvalue weighted by Crippen LogP contribution is 2.37. The fourth-order valence-electron chi connectivity index (χ4n) is 4.23. The Balaban J connectivity index is 1.82. The third-order valence-electron chi connectivity index (χ3n) is 5.21. The van der Waals surface area contributed by atoms with Crippen LogP contribution in [0, 0.1) is 0 Å². The zero-order valence-corrected chi connectivity index (χ0v) is 15.7. The average Bonchev–Trinajstić information content (AvgIpc) is 2.91. The molecule has 1 N–H and O–H groups in total. The maximum Gasteiger partial charge on any atom is 0.433 e. The molecule has 0 radical (unpaired) electrons. The minimum atomic E-state index is -4.52. The van der Waals surface area contributed by atoms with Crippen LogP contribution in [0.4, 0.5) is 13.2 Å². The summed E-state index contributed by atoms with van der Waals surface area (Å²) >= 11 is 0. The Hall–Kier alpha value is -2.32. The third-order valence-corrected chi connectivity index (χ3v) is 5.21. The van der Waals surface area contributed by atoms with Crippen molar-refractivity contribution in [1.82, 2.24) is 14.5 Å². The van der Waals surface area contributed by atoms with Gasteiger partial charge in [0, 0.05) is 49.2 Å². The molecule has 0 amide bonds. The lowest BCUT2D eigenvalue weighted by atomic mass is 10.1. The van der Waals surface area contributed by atoms with E-state index in [0.29, 0.717) is 29.4 Å². The topological polar surface area (TPSA) is 50.3 Å². The van der Waals surface area contributed by atoms with Crippen molar-refractivity contribution >= 4 is 21.8 Å². The van der Waals surface area contributed by atoms with Gasteiger partial charge in [0.25, 0.3) is 0 Å². The van der Waals surface area contributed by atoms with Crippen LogP contribution in [-0.2, 0) is 17.5 Å². The predicted molar refractivity (Wildman–Crippen MR) is 102 cm³/mol. The number of aromatic nitrogens is 2. The monoisotopic (exact) mass is 393 g/mol. The summed E-state index contributed by atoms with van der Waals surface area (Å²) < 4.78 is 48.4. The number of pyridine rings is 1. The van der Waals surface area contributed by atoms with Gasteiger partial charge in [-0.3, -0.25) is 9.69 Å². The van der Waals surface area contributed by atoms with Gasteiger partial charge < -0.3 is 14.3 Å². The van der Waals surface area contributed by atoms with E-state index in [4.69, 9.17) is 4.74 Å². The molecule has 3 heterocycles. The Kier molecular flexibility index (Phi) is 4.71. The normalized spacial score (nSPS) is 21.6. The van der Waals surface area contributed by atoms with Crippen molar-refractivity contribution in [2.45, 2.75) is 38.8 Å². The number of hydrogen-bond acceptors (Lipinski definition) is 3. The number of nitrogens with one attached hydrogen (secondary N) is 1. The first-order valence-electron chi connectivity index (χ1n) is 9.32. The van der Waals surface area contributed by atoms with Gasteiger partial charge in [0.05, 0.1) is 23.2 Å². The highest BCUT2D eigenvalue weighted by molar-refractivity contribution is 6.08. The molecule has 4 rings (SSSR count). The van der Waals surface area contributed by atoms with Gasteiger partial charge in [0.15, 0.2) is 5.43 Å². The number of fused-ring (bicyclic) bond motifs is 3. The van der Waals surface area contributed by atoms with Gasteiger partial charge in [0.2, 0.25) is 0 Å². The van der Waals surface area contributed by atoms with Crippen molar-refractivity contribution in [3.8, 4) is 0 Å². The molecule has 5 nitrogen and oxygen atoms in total. The fourth-order valence-corrected chi connectivity index (χ4v) is 4.23. The number of rotatable bonds is 3. The minimum absolute atomic E-state index is 0.0780. The second kappa shape index (κ2) is 6.93. The van der Waals surface area contributed by atoms with Crippen LogP contribution in [0.2, 0.25) is 0 Å². The van der Waals surface area contributed by atoms with Gasteiger partial charge in [-0.1, -0.05) is 0 Å². The molecule has 2 atom stereocenters. The van der Waals surface area contributed by atoms with Crippen LogP contribution in [0.3, 0.4) is 0 Å². The van der Waals surface area contributed by atoms with Crippen LogP contribution in [0.5, 0.6) is 0 Å². The molecule has 1 aliphatic heterocycles. The molecular formula is C20H22F3N3O2. The summed E-state index contributed by atoms with van der Waals surface area (Å²) in [7, 11) is 0. The molecule has 1 fully saturated rings. The number of alkyl halides is 3. The Morgan fingerprint density at radius 3 is 2.50 bits per heavy atom. The number of morpholine rings is 1. The molecule has 2 aromatic heterocycles. The Morgan fingerprint density at radius 2 is 1.82 bits per heavy atom. The van der Waals surface area contributed by atoms with Crippen molar-refractivity contribution < 1.29 is 17.9 Å². The van der Waals surface area contributed by atoms with Crippen LogP contribution in [0.15, 0.2) is 35.3 Å². The number of ether oxygens (including phenoxy) is 1. The lowest BCUT2D eigenvalue weighted by Crippen LogP contribution is -2.46. The van der Waals surface area contributed by atoms with Crippen LogP contribution >= 0.6 is 0 Å². The van der Waals surface area contributed by atoms with Crippen molar-refractivity contribution in [2.75, 3.05) is 19.6 Å². The Labute approximate surface area is 159 Å². The number of aromatic amines is 1. The SMILES string of the molecule is CC1CN(CCn2c3cc(=O)ccc3c3cc[nH]c(C(F)(F)F)c32)CC(C)O1. The number of nitrogens with zero attached hydrogens (tertiary/aromatic N) is 2. The van der Waals surface area contributed by atoms with E-state index in [2.05, 4.69) is 9.88 Å². The Morgan fingerprint density at radius 1 is 1.11 bits per heavy atom. The summed E-state index contributed by atoms with van der Waals surface area (Å²) in [5.41, 5.74) is -0.396. The highest BCUT2D eigenvalue weighted by atomic mass is 19.4. The van der Waals surface area contributed by atoms with Crippen LogP contribution < -0.4 is 5.43 Å². The molecule has 0 bridgehead atoms. The van der Waals surface area contributed by atoms with Gasteiger partial charge in [-0.15, -0.1) is 0 Å². The predicted octanol–water partition coefficient (Wildman–Crippen LogP) is 3.61. The number of halogens is 3. The zero-order valence-electron chi connectivity index (χ0n) is 15.7. The first-order valence-corrected chi connectivity index (χ1v) is 9.32. The fraction of sp³-hybridized carbons (Fsp3) is 0.450. The van der Waals surface area contributed by atoms with Crippen molar-refractivity contribution in [1.29, 1.82) is 0 Å². The van der Waals surface area contributed by atoms with E-state index in [1.54, 1.807) is 16.7 Å². The largest absolute Gasteiger partial charge is 0.433 e. The van der Waals surface area contributed by atoms with Crippen LogP contribution in [0.1, 0.15) is 19.5 Å². The maximum absolute atomic E-state index is 13.7. The van der Waals surface area contributed by atoms with Gasteiger partial charge in [-0.2, -0.15) is 13.2 Å². The lowest BCUT2D eigenvalue weighted by Gasteiger charge is -2.35. The van der Waals surface area contributed by atoms with E-state index in [-0.39, 0.29) is 23.2 Å². The molecule has 1 saturated heterocycles.